The molecule has 0 aliphatic carbocycles. The number of piperidine rings is 1. The molecule has 8 nitrogen and oxygen atoms in total. The van der Waals surface area contributed by atoms with Gasteiger partial charge in [0.05, 0.1) is 18.2 Å². The Hall–Kier alpha value is -1.19. The van der Waals surface area contributed by atoms with Crippen LogP contribution in [0, 0.1) is 0 Å². The normalized spacial score (nSPS) is 29.6. The summed E-state index contributed by atoms with van der Waals surface area (Å²) >= 11 is 0. The number of hydrogen-bond donors (Lipinski definition) is 1. The number of sulfone groups is 1. The molecule has 3 heterocycles. The zero-order valence-electron chi connectivity index (χ0n) is 14.3. The number of carbonyl (C=O) groups excluding carboxylic acids is 2. The van der Waals surface area contributed by atoms with Crippen LogP contribution in [0.4, 0.5) is 4.79 Å². The van der Waals surface area contributed by atoms with Crippen LogP contribution in [0.5, 0.6) is 0 Å². The molecule has 1 spiro atoms. The summed E-state index contributed by atoms with van der Waals surface area (Å²) in [5, 5.41) is 2.89. The van der Waals surface area contributed by atoms with E-state index in [4.69, 9.17) is 0 Å². The first kappa shape index (κ1) is 17.6. The fourth-order valence-corrected chi connectivity index (χ4v) is 5.62. The maximum Gasteiger partial charge on any atom is 0.326 e. The van der Waals surface area contributed by atoms with Crippen molar-refractivity contribution in [3.05, 3.63) is 0 Å². The summed E-state index contributed by atoms with van der Waals surface area (Å²) in [6, 6.07) is -0.474. The standard InChI is InChI=1S/C15H26N4O4S/c1-3-18(12-4-9-24(22,23)10-12)11-19-13(20)15(16-14(19)21)5-7-17(2)8-6-15/h12H,3-11H2,1-2H3,(H,16,21)/t12-/m0/s1. The number of carbonyl (C=O) groups is 2. The van der Waals surface area contributed by atoms with E-state index < -0.39 is 15.4 Å². The fourth-order valence-electron chi connectivity index (χ4n) is 3.86. The minimum atomic E-state index is -3.00. The molecule has 0 aromatic carbocycles. The largest absolute Gasteiger partial charge is 0.326 e. The predicted molar refractivity (Wildman–Crippen MR) is 89.1 cm³/mol. The lowest BCUT2D eigenvalue weighted by molar-refractivity contribution is -0.134. The summed E-state index contributed by atoms with van der Waals surface area (Å²) < 4.78 is 23.4. The van der Waals surface area contributed by atoms with E-state index in [1.54, 1.807) is 0 Å². The van der Waals surface area contributed by atoms with Crippen LogP contribution in [-0.4, -0.2) is 91.5 Å². The second-order valence-electron chi connectivity index (χ2n) is 7.15. The lowest BCUT2D eigenvalue weighted by atomic mass is 9.88. The van der Waals surface area contributed by atoms with Gasteiger partial charge in [-0.2, -0.15) is 0 Å². The summed E-state index contributed by atoms with van der Waals surface area (Å²) in [6.45, 7) is 4.25. The molecule has 3 aliphatic heterocycles. The molecule has 9 heteroatoms. The zero-order valence-corrected chi connectivity index (χ0v) is 15.1. The van der Waals surface area contributed by atoms with E-state index >= 15 is 0 Å². The molecule has 3 saturated heterocycles. The summed E-state index contributed by atoms with van der Waals surface area (Å²) in [6.07, 6.45) is 1.80. The smallest absolute Gasteiger partial charge is 0.323 e. The molecule has 0 saturated carbocycles. The highest BCUT2D eigenvalue weighted by Crippen LogP contribution is 2.29. The van der Waals surface area contributed by atoms with Gasteiger partial charge in [-0.05, 0) is 32.9 Å². The Morgan fingerprint density at radius 1 is 1.29 bits per heavy atom. The molecule has 24 heavy (non-hydrogen) atoms. The van der Waals surface area contributed by atoms with Gasteiger partial charge in [0.25, 0.3) is 5.91 Å². The van der Waals surface area contributed by atoms with Gasteiger partial charge in [0.2, 0.25) is 0 Å². The molecular formula is C15H26N4O4S. The highest BCUT2D eigenvalue weighted by atomic mass is 32.2. The molecule has 0 aromatic heterocycles. The van der Waals surface area contributed by atoms with Gasteiger partial charge in [0.15, 0.2) is 9.84 Å². The number of imide groups is 1. The number of likely N-dealkylation sites (tertiary alicyclic amines) is 1. The summed E-state index contributed by atoms with van der Waals surface area (Å²) in [5.74, 6) is 0.130. The van der Waals surface area contributed by atoms with Crippen LogP contribution in [-0.2, 0) is 14.6 Å². The van der Waals surface area contributed by atoms with Crippen molar-refractivity contribution in [3.8, 4) is 0 Å². The molecule has 136 valence electrons. The number of hydrogen-bond acceptors (Lipinski definition) is 6. The van der Waals surface area contributed by atoms with Gasteiger partial charge < -0.3 is 10.2 Å². The lowest BCUT2D eigenvalue weighted by Gasteiger charge is -2.36. The van der Waals surface area contributed by atoms with Crippen molar-refractivity contribution in [1.82, 2.24) is 20.0 Å². The molecule has 3 aliphatic rings. The van der Waals surface area contributed by atoms with Crippen LogP contribution >= 0.6 is 0 Å². The van der Waals surface area contributed by atoms with Crippen LogP contribution in [0.1, 0.15) is 26.2 Å². The Morgan fingerprint density at radius 3 is 2.50 bits per heavy atom. The first-order valence-corrected chi connectivity index (χ1v) is 10.4. The molecule has 1 N–H and O–H groups in total. The van der Waals surface area contributed by atoms with Gasteiger partial charge in [0.1, 0.15) is 5.54 Å². The molecular weight excluding hydrogens is 332 g/mol. The van der Waals surface area contributed by atoms with E-state index in [-0.39, 0.29) is 36.2 Å². The fraction of sp³-hybridized carbons (Fsp3) is 0.867. The predicted octanol–water partition coefficient (Wildman–Crippen LogP) is -0.531. The Balaban J connectivity index is 1.70. The molecule has 0 radical (unpaired) electrons. The Labute approximate surface area is 143 Å². The monoisotopic (exact) mass is 358 g/mol. The minimum Gasteiger partial charge on any atom is -0.323 e. The average Bonchev–Trinajstić information content (AvgIpc) is 2.99. The van der Waals surface area contributed by atoms with Crippen LogP contribution < -0.4 is 5.32 Å². The quantitative estimate of drug-likeness (QED) is 0.680. The second kappa shape index (κ2) is 6.27. The average molecular weight is 358 g/mol. The molecule has 0 unspecified atom stereocenters. The maximum atomic E-state index is 12.9. The summed E-state index contributed by atoms with van der Waals surface area (Å²) in [5.41, 5.74) is -0.773. The van der Waals surface area contributed by atoms with Crippen LogP contribution in [0.3, 0.4) is 0 Å². The number of rotatable bonds is 4. The highest BCUT2D eigenvalue weighted by molar-refractivity contribution is 7.91. The second-order valence-corrected chi connectivity index (χ2v) is 9.38. The third kappa shape index (κ3) is 3.16. The van der Waals surface area contributed by atoms with Crippen molar-refractivity contribution in [2.75, 3.05) is 44.9 Å². The molecule has 3 fully saturated rings. The first-order valence-electron chi connectivity index (χ1n) is 8.53. The van der Waals surface area contributed by atoms with E-state index in [1.807, 2.05) is 18.9 Å². The van der Waals surface area contributed by atoms with Crippen molar-refractivity contribution in [1.29, 1.82) is 0 Å². The Morgan fingerprint density at radius 2 is 1.96 bits per heavy atom. The van der Waals surface area contributed by atoms with Gasteiger partial charge in [-0.3, -0.25) is 9.69 Å². The van der Waals surface area contributed by atoms with Crippen molar-refractivity contribution in [2.45, 2.75) is 37.8 Å². The molecule has 0 aromatic rings. The molecule has 1 atom stereocenters. The lowest BCUT2D eigenvalue weighted by Crippen LogP contribution is -2.54. The SMILES string of the molecule is CCN(CN1C(=O)NC2(CCN(C)CC2)C1=O)[C@H]1CCS(=O)(=O)C1. The number of amides is 3. The number of nitrogens with zero attached hydrogens (tertiary/aromatic N) is 3. The van der Waals surface area contributed by atoms with E-state index in [2.05, 4.69) is 10.2 Å². The molecule has 3 rings (SSSR count). The summed E-state index contributed by atoms with van der Waals surface area (Å²) in [7, 11) is -0.990. The molecule has 0 bridgehead atoms. The van der Waals surface area contributed by atoms with Crippen molar-refractivity contribution in [2.24, 2.45) is 0 Å². The van der Waals surface area contributed by atoms with E-state index in [0.717, 1.165) is 13.1 Å². The van der Waals surface area contributed by atoms with E-state index in [0.29, 0.717) is 25.8 Å². The zero-order chi connectivity index (χ0) is 17.5. The van der Waals surface area contributed by atoms with Gasteiger partial charge in [-0.1, -0.05) is 6.92 Å². The van der Waals surface area contributed by atoms with Crippen LogP contribution in [0.15, 0.2) is 0 Å². The Bertz CT molecular complexity index is 627. The third-order valence-electron chi connectivity index (χ3n) is 5.54. The Kier molecular flexibility index (Phi) is 4.61. The first-order chi connectivity index (χ1) is 11.3. The van der Waals surface area contributed by atoms with Crippen molar-refractivity contribution >= 4 is 21.8 Å². The third-order valence-corrected chi connectivity index (χ3v) is 7.29. The van der Waals surface area contributed by atoms with Gasteiger partial charge >= 0.3 is 6.03 Å². The van der Waals surface area contributed by atoms with Crippen LogP contribution in [0.25, 0.3) is 0 Å². The van der Waals surface area contributed by atoms with Gasteiger partial charge in [-0.15, -0.1) is 0 Å². The maximum absolute atomic E-state index is 12.9. The van der Waals surface area contributed by atoms with Crippen molar-refractivity contribution in [3.63, 3.8) is 0 Å². The van der Waals surface area contributed by atoms with Gasteiger partial charge in [-0.25, -0.2) is 18.1 Å². The highest BCUT2D eigenvalue weighted by Gasteiger charge is 2.52. The topological polar surface area (TPSA) is 90.0 Å². The summed E-state index contributed by atoms with van der Waals surface area (Å²) in [4.78, 5) is 30.6. The van der Waals surface area contributed by atoms with Crippen LogP contribution in [0.2, 0.25) is 0 Å². The van der Waals surface area contributed by atoms with E-state index in [1.165, 1.54) is 4.90 Å². The van der Waals surface area contributed by atoms with Gasteiger partial charge in [0, 0.05) is 19.1 Å². The minimum absolute atomic E-state index is 0.112. The van der Waals surface area contributed by atoms with Crippen molar-refractivity contribution < 1.29 is 18.0 Å². The number of nitrogens with one attached hydrogen (secondary N) is 1. The number of urea groups is 1. The molecule has 3 amide bonds. The van der Waals surface area contributed by atoms with E-state index in [9.17, 15) is 18.0 Å².